The number of anilines is 2. The summed E-state index contributed by atoms with van der Waals surface area (Å²) in [6, 6.07) is 18.7. The van der Waals surface area contributed by atoms with Crippen LogP contribution in [0.4, 0.5) is 15.9 Å². The van der Waals surface area contributed by atoms with Gasteiger partial charge in [-0.15, -0.1) is 0 Å². The molecule has 30 heavy (non-hydrogen) atoms. The Labute approximate surface area is 172 Å². The van der Waals surface area contributed by atoms with Gasteiger partial charge in [0.1, 0.15) is 29.5 Å². The molecule has 0 spiro atoms. The van der Waals surface area contributed by atoms with Crippen molar-refractivity contribution in [2.75, 3.05) is 5.32 Å². The van der Waals surface area contributed by atoms with Gasteiger partial charge in [0.2, 0.25) is 0 Å². The molecule has 4 rings (SSSR count). The molecule has 0 fully saturated rings. The zero-order valence-corrected chi connectivity index (χ0v) is 16.2. The van der Waals surface area contributed by atoms with E-state index in [1.54, 1.807) is 36.4 Å². The van der Waals surface area contributed by atoms with Gasteiger partial charge in [0, 0.05) is 22.9 Å². The van der Waals surface area contributed by atoms with Gasteiger partial charge in [-0.05, 0) is 49.4 Å². The minimum absolute atomic E-state index is 0.212. The topological polar surface area (TPSA) is 80.0 Å². The first-order chi connectivity index (χ1) is 14.6. The van der Waals surface area contributed by atoms with Crippen LogP contribution in [0.5, 0.6) is 0 Å². The van der Waals surface area contributed by atoms with E-state index in [0.717, 1.165) is 5.76 Å². The molecule has 6 nitrogen and oxygen atoms in total. The molecular formula is C23H19FN4O2. The maximum absolute atomic E-state index is 13.5. The lowest BCUT2D eigenvalue weighted by molar-refractivity contribution is 0.0948. The summed E-state index contributed by atoms with van der Waals surface area (Å²) in [5, 5.41) is 5.99. The highest BCUT2D eigenvalue weighted by Gasteiger charge is 2.09. The minimum atomic E-state index is -0.330. The van der Waals surface area contributed by atoms with E-state index in [2.05, 4.69) is 20.6 Å². The van der Waals surface area contributed by atoms with Crippen LogP contribution in [0.2, 0.25) is 0 Å². The van der Waals surface area contributed by atoms with Crippen molar-refractivity contribution >= 4 is 17.4 Å². The Balaban J connectivity index is 1.46. The predicted molar refractivity (Wildman–Crippen MR) is 112 cm³/mol. The van der Waals surface area contributed by atoms with E-state index in [9.17, 15) is 9.18 Å². The Morgan fingerprint density at radius 1 is 1.03 bits per heavy atom. The van der Waals surface area contributed by atoms with Gasteiger partial charge in [0.15, 0.2) is 0 Å². The molecule has 2 heterocycles. The monoisotopic (exact) mass is 402 g/mol. The molecule has 1 amide bonds. The third-order valence-corrected chi connectivity index (χ3v) is 4.40. The molecule has 0 aliphatic rings. The van der Waals surface area contributed by atoms with Crippen molar-refractivity contribution in [3.8, 4) is 11.3 Å². The van der Waals surface area contributed by atoms with Crippen LogP contribution >= 0.6 is 0 Å². The van der Waals surface area contributed by atoms with Crippen molar-refractivity contribution < 1.29 is 13.6 Å². The molecular weight excluding hydrogens is 383 g/mol. The molecule has 2 N–H and O–H groups in total. The summed E-state index contributed by atoms with van der Waals surface area (Å²) in [4.78, 5) is 20.9. The number of rotatable bonds is 6. The standard InChI is InChI=1S/C23H19FN4O2/c1-15-8-9-20(30-15)13-25-23(29)17-5-3-7-19(11-17)28-22-12-21(26-14-27-22)16-4-2-6-18(24)10-16/h2-12,14H,13H2,1H3,(H,25,29)(H,26,27,28). The normalized spacial score (nSPS) is 10.6. The lowest BCUT2D eigenvalue weighted by Gasteiger charge is -2.09. The number of hydrogen-bond donors (Lipinski definition) is 2. The molecule has 0 saturated heterocycles. The maximum Gasteiger partial charge on any atom is 0.251 e. The van der Waals surface area contributed by atoms with Crippen LogP contribution in [0.3, 0.4) is 0 Å². The fourth-order valence-corrected chi connectivity index (χ4v) is 2.97. The zero-order valence-electron chi connectivity index (χ0n) is 16.2. The van der Waals surface area contributed by atoms with Gasteiger partial charge in [-0.25, -0.2) is 14.4 Å². The summed E-state index contributed by atoms with van der Waals surface area (Å²) in [5.41, 5.74) is 2.44. The maximum atomic E-state index is 13.5. The number of hydrogen-bond acceptors (Lipinski definition) is 5. The van der Waals surface area contributed by atoms with Gasteiger partial charge in [-0.3, -0.25) is 4.79 Å². The number of benzene rings is 2. The van der Waals surface area contributed by atoms with E-state index in [1.807, 2.05) is 25.1 Å². The number of aromatic nitrogens is 2. The molecule has 0 aliphatic carbocycles. The second-order valence-corrected chi connectivity index (χ2v) is 6.70. The highest BCUT2D eigenvalue weighted by atomic mass is 19.1. The second-order valence-electron chi connectivity index (χ2n) is 6.70. The number of nitrogens with one attached hydrogen (secondary N) is 2. The van der Waals surface area contributed by atoms with Crippen LogP contribution in [0, 0.1) is 12.7 Å². The van der Waals surface area contributed by atoms with E-state index in [0.29, 0.717) is 40.6 Å². The third-order valence-electron chi connectivity index (χ3n) is 4.40. The summed E-state index contributed by atoms with van der Waals surface area (Å²) in [5.74, 6) is 1.49. The number of furan rings is 1. The lowest BCUT2D eigenvalue weighted by Crippen LogP contribution is -2.22. The third kappa shape index (κ3) is 4.70. The first-order valence-electron chi connectivity index (χ1n) is 9.35. The second kappa shape index (κ2) is 8.57. The van der Waals surface area contributed by atoms with Gasteiger partial charge >= 0.3 is 0 Å². The molecule has 0 radical (unpaired) electrons. The van der Waals surface area contributed by atoms with Crippen molar-refractivity contribution in [2.45, 2.75) is 13.5 Å². The summed E-state index contributed by atoms with van der Waals surface area (Å²) >= 11 is 0. The van der Waals surface area contributed by atoms with Crippen molar-refractivity contribution in [2.24, 2.45) is 0 Å². The molecule has 0 unspecified atom stereocenters. The van der Waals surface area contributed by atoms with E-state index in [1.165, 1.54) is 18.5 Å². The molecule has 0 bridgehead atoms. The largest absolute Gasteiger partial charge is 0.465 e. The molecule has 2 aromatic carbocycles. The average molecular weight is 402 g/mol. The smallest absolute Gasteiger partial charge is 0.251 e. The Hall–Kier alpha value is -4.00. The lowest BCUT2D eigenvalue weighted by atomic mass is 10.1. The zero-order chi connectivity index (χ0) is 20.9. The molecule has 0 atom stereocenters. The molecule has 4 aromatic rings. The van der Waals surface area contributed by atoms with Crippen molar-refractivity contribution in [1.82, 2.24) is 15.3 Å². The fraction of sp³-hybridized carbons (Fsp3) is 0.0870. The summed E-state index contributed by atoms with van der Waals surface area (Å²) in [7, 11) is 0. The van der Waals surface area contributed by atoms with Crippen molar-refractivity contribution in [3.63, 3.8) is 0 Å². The number of nitrogens with zero attached hydrogens (tertiary/aromatic N) is 2. The molecule has 0 saturated carbocycles. The summed E-state index contributed by atoms with van der Waals surface area (Å²) in [6.45, 7) is 2.17. The molecule has 150 valence electrons. The van der Waals surface area contributed by atoms with Crippen LogP contribution in [-0.2, 0) is 6.54 Å². The highest BCUT2D eigenvalue weighted by Crippen LogP contribution is 2.22. The van der Waals surface area contributed by atoms with Crippen LogP contribution < -0.4 is 10.6 Å². The average Bonchev–Trinajstić information content (AvgIpc) is 3.17. The fourth-order valence-electron chi connectivity index (χ4n) is 2.97. The number of carbonyl (C=O) groups excluding carboxylic acids is 1. The quantitative estimate of drug-likeness (QED) is 0.482. The van der Waals surface area contributed by atoms with Crippen LogP contribution in [-0.4, -0.2) is 15.9 Å². The molecule has 2 aromatic heterocycles. The Morgan fingerprint density at radius 3 is 2.70 bits per heavy atom. The predicted octanol–water partition coefficient (Wildman–Crippen LogP) is 4.86. The van der Waals surface area contributed by atoms with Gasteiger partial charge in [-0.1, -0.05) is 18.2 Å². The number of carbonyl (C=O) groups is 1. The first kappa shape index (κ1) is 19.3. The van der Waals surface area contributed by atoms with Gasteiger partial charge in [0.25, 0.3) is 5.91 Å². The Morgan fingerprint density at radius 2 is 1.90 bits per heavy atom. The van der Waals surface area contributed by atoms with Crippen molar-refractivity contribution in [3.05, 3.63) is 96.0 Å². The van der Waals surface area contributed by atoms with Crippen LogP contribution in [0.1, 0.15) is 21.9 Å². The molecule has 7 heteroatoms. The molecule has 0 aliphatic heterocycles. The van der Waals surface area contributed by atoms with Gasteiger partial charge in [-0.2, -0.15) is 0 Å². The van der Waals surface area contributed by atoms with E-state index in [-0.39, 0.29) is 11.7 Å². The highest BCUT2D eigenvalue weighted by molar-refractivity contribution is 5.95. The SMILES string of the molecule is Cc1ccc(CNC(=O)c2cccc(Nc3cc(-c4cccc(F)c4)ncn3)c2)o1. The van der Waals surface area contributed by atoms with Gasteiger partial charge < -0.3 is 15.1 Å². The van der Waals surface area contributed by atoms with Crippen molar-refractivity contribution in [1.29, 1.82) is 0 Å². The number of halogens is 1. The first-order valence-corrected chi connectivity index (χ1v) is 9.35. The minimum Gasteiger partial charge on any atom is -0.465 e. The van der Waals surface area contributed by atoms with E-state index < -0.39 is 0 Å². The van der Waals surface area contributed by atoms with E-state index >= 15 is 0 Å². The number of amides is 1. The van der Waals surface area contributed by atoms with E-state index in [4.69, 9.17) is 4.42 Å². The summed E-state index contributed by atoms with van der Waals surface area (Å²) in [6.07, 6.45) is 1.41. The summed E-state index contributed by atoms with van der Waals surface area (Å²) < 4.78 is 19.0. The van der Waals surface area contributed by atoms with Gasteiger partial charge in [0.05, 0.1) is 12.2 Å². The van der Waals surface area contributed by atoms with Crippen LogP contribution in [0.25, 0.3) is 11.3 Å². The van der Waals surface area contributed by atoms with Crippen LogP contribution in [0.15, 0.2) is 77.5 Å². The Kier molecular flexibility index (Phi) is 5.52. The number of aryl methyl sites for hydroxylation is 1. The Bertz CT molecular complexity index is 1190.